The van der Waals surface area contributed by atoms with Crippen molar-refractivity contribution in [3.05, 3.63) is 23.8 Å². The predicted molar refractivity (Wildman–Crippen MR) is 220 cm³/mol. The van der Waals surface area contributed by atoms with Gasteiger partial charge in [-0.15, -0.1) is 0 Å². The molecule has 314 valence electrons. The molecule has 0 saturated carbocycles. The zero-order valence-electron chi connectivity index (χ0n) is 36.8. The van der Waals surface area contributed by atoms with Gasteiger partial charge in [0.25, 0.3) is 0 Å². The van der Waals surface area contributed by atoms with Gasteiger partial charge in [0.05, 0.1) is 36.9 Å². The Morgan fingerprint density at radius 2 is 1.61 bits per heavy atom. The van der Waals surface area contributed by atoms with Crippen LogP contribution >= 0.6 is 0 Å². The maximum Gasteiger partial charge on any atom is 0.308 e. The normalized spacial score (nSPS) is 31.0. The molecule has 2 aliphatic rings. The number of aliphatic hydroxyl groups is 3. The lowest BCUT2D eigenvalue weighted by atomic mass is 9.87. The maximum atomic E-state index is 13.6. The summed E-state index contributed by atoms with van der Waals surface area (Å²) in [5.41, 5.74) is -0.856. The van der Waals surface area contributed by atoms with Gasteiger partial charge in [-0.2, -0.15) is 0 Å². The molecule has 2 heterocycles. The molecule has 10 nitrogen and oxygen atoms in total. The molecule has 3 N–H and O–H groups in total. The van der Waals surface area contributed by atoms with E-state index >= 15 is 0 Å². The molecule has 0 aromatic heterocycles. The summed E-state index contributed by atoms with van der Waals surface area (Å²) in [6.07, 6.45) is 2.54. The van der Waals surface area contributed by atoms with E-state index in [1.54, 1.807) is 32.1 Å². The molecule has 0 aliphatic carbocycles. The van der Waals surface area contributed by atoms with Crippen LogP contribution in [0.25, 0.3) is 0 Å². The molecule has 0 amide bonds. The van der Waals surface area contributed by atoms with Gasteiger partial charge in [0.2, 0.25) is 0 Å². The van der Waals surface area contributed by atoms with Crippen molar-refractivity contribution >= 4 is 28.6 Å². The Kier molecular flexibility index (Phi) is 17.1. The molecular formula is C42H78O10Si2. The van der Waals surface area contributed by atoms with Crippen LogP contribution in [0, 0.1) is 17.8 Å². The Hall–Kier alpha value is -1.39. The first kappa shape index (κ1) is 48.8. The lowest BCUT2D eigenvalue weighted by Crippen LogP contribution is -2.46. The second kappa shape index (κ2) is 18.9. The summed E-state index contributed by atoms with van der Waals surface area (Å²) in [5.74, 6) is -1.48. The van der Waals surface area contributed by atoms with Crippen LogP contribution in [0.2, 0.25) is 36.3 Å². The van der Waals surface area contributed by atoms with E-state index < -0.39 is 70.6 Å². The first-order chi connectivity index (χ1) is 24.4. The molecule has 2 aliphatic heterocycles. The van der Waals surface area contributed by atoms with E-state index in [2.05, 4.69) is 81.6 Å². The number of rotatable bonds is 14. The highest BCUT2D eigenvalue weighted by Gasteiger charge is 2.49. The minimum atomic E-state index is -2.32. The zero-order valence-corrected chi connectivity index (χ0v) is 38.8. The highest BCUT2D eigenvalue weighted by molar-refractivity contribution is 6.74. The Morgan fingerprint density at radius 1 is 1.04 bits per heavy atom. The van der Waals surface area contributed by atoms with Gasteiger partial charge in [-0.1, -0.05) is 81.4 Å². The lowest BCUT2D eigenvalue weighted by molar-refractivity contribution is -0.157. The minimum absolute atomic E-state index is 0.0238. The van der Waals surface area contributed by atoms with Crippen molar-refractivity contribution in [2.75, 3.05) is 0 Å². The largest absolute Gasteiger partial charge is 0.457 e. The summed E-state index contributed by atoms with van der Waals surface area (Å²) in [6.45, 7) is 34.7. The minimum Gasteiger partial charge on any atom is -0.457 e. The fraction of sp³-hybridized carbons (Fsp3) is 0.857. The summed E-state index contributed by atoms with van der Waals surface area (Å²) in [6, 6.07) is 0. The first-order valence-electron chi connectivity index (χ1n) is 20.3. The van der Waals surface area contributed by atoms with Crippen LogP contribution in [0.4, 0.5) is 0 Å². The van der Waals surface area contributed by atoms with Gasteiger partial charge in [-0.3, -0.25) is 9.59 Å². The van der Waals surface area contributed by atoms with Gasteiger partial charge in [0, 0.05) is 24.9 Å². The lowest BCUT2D eigenvalue weighted by Gasteiger charge is -2.40. The van der Waals surface area contributed by atoms with Crippen molar-refractivity contribution in [3.8, 4) is 0 Å². The third-order valence-electron chi connectivity index (χ3n) is 12.7. The van der Waals surface area contributed by atoms with E-state index in [1.165, 1.54) is 6.92 Å². The number of esters is 2. The highest BCUT2D eigenvalue weighted by atomic mass is 28.4. The molecule has 0 aromatic carbocycles. The van der Waals surface area contributed by atoms with Crippen LogP contribution < -0.4 is 0 Å². The van der Waals surface area contributed by atoms with Gasteiger partial charge in [0.1, 0.15) is 17.8 Å². The van der Waals surface area contributed by atoms with Gasteiger partial charge >= 0.3 is 11.9 Å². The van der Waals surface area contributed by atoms with Crippen molar-refractivity contribution in [1.29, 1.82) is 0 Å². The number of hydrogen-bond donors (Lipinski definition) is 3. The molecule has 0 bridgehead atoms. The Balaban J connectivity index is 2.28. The smallest absolute Gasteiger partial charge is 0.308 e. The van der Waals surface area contributed by atoms with Gasteiger partial charge in [-0.05, 0) is 93.4 Å². The first-order valence-corrected chi connectivity index (χ1v) is 26.1. The Labute approximate surface area is 330 Å². The average Bonchev–Trinajstić information content (AvgIpc) is 3.79. The fourth-order valence-electron chi connectivity index (χ4n) is 6.75. The van der Waals surface area contributed by atoms with E-state index in [0.29, 0.717) is 18.4 Å². The van der Waals surface area contributed by atoms with Crippen molar-refractivity contribution < 1.29 is 48.0 Å². The second-order valence-electron chi connectivity index (χ2n) is 19.7. The molecule has 1 fully saturated rings. The fourth-order valence-corrected chi connectivity index (χ4v) is 9.63. The van der Waals surface area contributed by atoms with Crippen molar-refractivity contribution in [1.82, 2.24) is 0 Å². The molecule has 2 unspecified atom stereocenters. The van der Waals surface area contributed by atoms with E-state index in [4.69, 9.17) is 23.1 Å². The standard InChI is InChI=1S/C42H78O10Si2/c1-18-33(52-54(16,17)41(10,11)12)29(5)39-34(49-39)24-27(3)37(46)32(44)23-28(4)38-26(2)19-20-35(48-30(6)43)42(13,47)22-21-31(25-36(45)50-38)51-53(14,15)40(7,8)9/h19-20,23,26-27,29,31-35,37-39,44,46-47H,18,21-22,24-25H2,1-17H3/t26-,27-,29+,31+,32?,33-,34+,35-,37?,38-,39+,42+/m0/s1. The van der Waals surface area contributed by atoms with Gasteiger partial charge < -0.3 is 38.4 Å². The predicted octanol–water partition coefficient (Wildman–Crippen LogP) is 8.25. The number of hydrogen-bond acceptors (Lipinski definition) is 10. The molecule has 12 atom stereocenters. The topological polar surface area (TPSA) is 144 Å². The van der Waals surface area contributed by atoms with Crippen LogP contribution in [0.5, 0.6) is 0 Å². The molecular weight excluding hydrogens is 721 g/mol. The summed E-state index contributed by atoms with van der Waals surface area (Å²) in [5, 5.41) is 34.2. The quantitative estimate of drug-likeness (QED) is 0.0680. The third kappa shape index (κ3) is 13.6. The van der Waals surface area contributed by atoms with Crippen molar-refractivity contribution in [2.24, 2.45) is 17.8 Å². The highest BCUT2D eigenvalue weighted by Crippen LogP contribution is 2.43. The molecule has 1 saturated heterocycles. The van der Waals surface area contributed by atoms with Gasteiger partial charge in [-0.25, -0.2) is 0 Å². The summed E-state index contributed by atoms with van der Waals surface area (Å²) in [7, 11) is -4.27. The summed E-state index contributed by atoms with van der Waals surface area (Å²) < 4.78 is 31.3. The molecule has 0 radical (unpaired) electrons. The third-order valence-corrected chi connectivity index (χ3v) is 21.7. The van der Waals surface area contributed by atoms with E-state index in [-0.39, 0.29) is 53.1 Å². The van der Waals surface area contributed by atoms with Crippen LogP contribution in [-0.2, 0) is 32.7 Å². The molecule has 2 rings (SSSR count). The number of cyclic esters (lactones) is 1. The van der Waals surface area contributed by atoms with Crippen molar-refractivity contribution in [3.63, 3.8) is 0 Å². The molecule has 54 heavy (non-hydrogen) atoms. The van der Waals surface area contributed by atoms with Crippen LogP contribution in [0.1, 0.15) is 122 Å². The maximum absolute atomic E-state index is 13.6. The van der Waals surface area contributed by atoms with Crippen LogP contribution in [0.3, 0.4) is 0 Å². The van der Waals surface area contributed by atoms with Crippen LogP contribution in [0.15, 0.2) is 23.8 Å². The molecule has 12 heteroatoms. The number of carbonyl (C=O) groups excluding carboxylic acids is 2. The Bertz CT molecular complexity index is 1300. The average molecular weight is 799 g/mol. The van der Waals surface area contributed by atoms with E-state index in [0.717, 1.165) is 6.42 Å². The zero-order chi connectivity index (χ0) is 41.8. The summed E-state index contributed by atoms with van der Waals surface area (Å²) >= 11 is 0. The molecule has 0 spiro atoms. The number of aliphatic hydroxyl groups excluding tert-OH is 2. The number of epoxide rings is 1. The number of ether oxygens (including phenoxy) is 3. The van der Waals surface area contributed by atoms with Gasteiger partial charge in [0.15, 0.2) is 16.6 Å². The monoisotopic (exact) mass is 799 g/mol. The van der Waals surface area contributed by atoms with Crippen LogP contribution in [-0.4, -0.2) is 98.3 Å². The Morgan fingerprint density at radius 3 is 2.13 bits per heavy atom. The van der Waals surface area contributed by atoms with E-state index in [9.17, 15) is 24.9 Å². The van der Waals surface area contributed by atoms with Crippen molar-refractivity contribution in [2.45, 2.75) is 213 Å². The number of carbonyl (C=O) groups is 2. The second-order valence-corrected chi connectivity index (χ2v) is 29.2. The summed E-state index contributed by atoms with van der Waals surface area (Å²) in [4.78, 5) is 25.7. The SMILES string of the molecule is CC[C@H](O[Si](C)(C)C(C)(C)C)[C@@H](C)[C@H]1O[C@@H]1C[C@H](C)C(O)C(O)C=C(C)[C@H]1OC(=O)C[C@H](O[Si](C)(C)C(C)(C)C)CC[C@@](C)(O)[C@@H](OC(C)=O)C=C[C@@H]1C. The molecule has 0 aromatic rings. The van der Waals surface area contributed by atoms with E-state index in [1.807, 2.05) is 13.8 Å².